The van der Waals surface area contributed by atoms with Crippen molar-refractivity contribution in [2.24, 2.45) is 0 Å². The summed E-state index contributed by atoms with van der Waals surface area (Å²) in [7, 11) is 4.17. The van der Waals surface area contributed by atoms with Crippen LogP contribution in [-0.4, -0.2) is 59.1 Å². The highest BCUT2D eigenvalue weighted by Crippen LogP contribution is 2.23. The average molecular weight is 498 g/mol. The molecule has 5 heteroatoms. The van der Waals surface area contributed by atoms with E-state index in [0.717, 1.165) is 32.5 Å². The van der Waals surface area contributed by atoms with Gasteiger partial charge in [0.15, 0.2) is 0 Å². The predicted octanol–water partition coefficient (Wildman–Crippen LogP) is 6.24. The van der Waals surface area contributed by atoms with Gasteiger partial charge in [-0.05, 0) is 40.4 Å². The van der Waals surface area contributed by atoms with Crippen LogP contribution in [0.4, 0.5) is 0 Å². The maximum absolute atomic E-state index is 12.8. The van der Waals surface area contributed by atoms with Gasteiger partial charge in [-0.3, -0.25) is 4.79 Å². The number of amides is 1. The van der Waals surface area contributed by atoms with Crippen molar-refractivity contribution in [2.75, 3.05) is 39.1 Å². The van der Waals surface area contributed by atoms with Crippen LogP contribution in [0, 0.1) is 0 Å². The Balaban J connectivity index is 4.05. The Morgan fingerprint density at radius 2 is 1.27 bits per heavy atom. The Labute approximate surface area is 179 Å². The zero-order chi connectivity index (χ0) is 19.8. The number of unbranched alkanes of at least 4 members (excludes halogenated alkanes) is 9. The van der Waals surface area contributed by atoms with Crippen LogP contribution in [0.5, 0.6) is 0 Å². The van der Waals surface area contributed by atoms with Crippen LogP contribution in [0.3, 0.4) is 0 Å². The minimum absolute atomic E-state index is 0.212. The zero-order valence-corrected chi connectivity index (χ0v) is 20.8. The van der Waals surface area contributed by atoms with Crippen LogP contribution in [0.15, 0.2) is 0 Å². The maximum Gasteiger partial charge on any atom is 0.240 e. The molecule has 0 aromatic carbocycles. The second-order valence-corrected chi connectivity index (χ2v) is 10.3. The molecule has 0 bridgehead atoms. The lowest BCUT2D eigenvalue weighted by atomic mass is 10.1. The molecule has 26 heavy (non-hydrogen) atoms. The first-order valence-corrected chi connectivity index (χ1v) is 12.5. The number of nitrogens with zero attached hydrogens (tertiary/aromatic N) is 2. The lowest BCUT2D eigenvalue weighted by Crippen LogP contribution is -2.45. The van der Waals surface area contributed by atoms with E-state index in [-0.39, 0.29) is 5.91 Å². The smallest absolute Gasteiger partial charge is 0.240 e. The summed E-state index contributed by atoms with van der Waals surface area (Å²) in [6.07, 6.45) is 14.3. The van der Waals surface area contributed by atoms with Crippen molar-refractivity contribution in [3.8, 4) is 0 Å². The Morgan fingerprint density at radius 1 is 0.808 bits per heavy atom. The van der Waals surface area contributed by atoms with Crippen LogP contribution in [-0.2, 0) is 4.79 Å². The van der Waals surface area contributed by atoms with Crippen molar-refractivity contribution in [2.45, 2.75) is 88.8 Å². The van der Waals surface area contributed by atoms with Gasteiger partial charge in [0, 0.05) is 18.4 Å². The third-order valence-corrected chi connectivity index (χ3v) is 7.29. The van der Waals surface area contributed by atoms with Gasteiger partial charge >= 0.3 is 0 Å². The SMILES string of the molecule is CCCCCCCCCCCCN(CCCN(C)C)C(=O)C(C)(Br)CBr. The molecule has 0 N–H and O–H groups in total. The Morgan fingerprint density at radius 3 is 1.73 bits per heavy atom. The maximum atomic E-state index is 12.8. The largest absolute Gasteiger partial charge is 0.341 e. The van der Waals surface area contributed by atoms with Crippen molar-refractivity contribution < 1.29 is 4.79 Å². The molecule has 0 radical (unpaired) electrons. The van der Waals surface area contributed by atoms with E-state index in [1.54, 1.807) is 0 Å². The fourth-order valence-electron chi connectivity index (χ4n) is 3.07. The number of carbonyl (C=O) groups is 1. The number of rotatable bonds is 17. The van der Waals surface area contributed by atoms with Gasteiger partial charge in [0.2, 0.25) is 5.91 Å². The number of hydrogen-bond donors (Lipinski definition) is 0. The van der Waals surface area contributed by atoms with Gasteiger partial charge in [-0.2, -0.15) is 0 Å². The molecule has 1 unspecified atom stereocenters. The van der Waals surface area contributed by atoms with Crippen molar-refractivity contribution in [1.29, 1.82) is 0 Å². The van der Waals surface area contributed by atoms with Crippen molar-refractivity contribution >= 4 is 37.8 Å². The van der Waals surface area contributed by atoms with E-state index in [1.807, 2.05) is 6.92 Å². The van der Waals surface area contributed by atoms with Gasteiger partial charge in [0.25, 0.3) is 0 Å². The van der Waals surface area contributed by atoms with E-state index >= 15 is 0 Å². The molecule has 0 aliphatic carbocycles. The monoisotopic (exact) mass is 496 g/mol. The second kappa shape index (κ2) is 16.4. The average Bonchev–Trinajstić information content (AvgIpc) is 2.60. The molecule has 0 saturated carbocycles. The molecule has 0 aliphatic heterocycles. The van der Waals surface area contributed by atoms with E-state index in [0.29, 0.717) is 5.33 Å². The molecular weight excluding hydrogens is 456 g/mol. The van der Waals surface area contributed by atoms with Gasteiger partial charge < -0.3 is 9.80 Å². The quantitative estimate of drug-likeness (QED) is 0.175. The Kier molecular flexibility index (Phi) is 16.6. The summed E-state index contributed by atoms with van der Waals surface area (Å²) in [5.41, 5.74) is 0. The highest BCUT2D eigenvalue weighted by atomic mass is 79.9. The van der Waals surface area contributed by atoms with E-state index in [2.05, 4.69) is 62.7 Å². The summed E-state index contributed by atoms with van der Waals surface area (Å²) in [6, 6.07) is 0. The molecule has 1 atom stereocenters. The van der Waals surface area contributed by atoms with Crippen molar-refractivity contribution in [3.05, 3.63) is 0 Å². The van der Waals surface area contributed by atoms with E-state index < -0.39 is 4.32 Å². The molecule has 156 valence electrons. The third-order valence-electron chi connectivity index (χ3n) is 4.80. The molecule has 0 rings (SSSR count). The first-order chi connectivity index (χ1) is 12.3. The molecule has 1 amide bonds. The van der Waals surface area contributed by atoms with E-state index in [9.17, 15) is 4.79 Å². The van der Waals surface area contributed by atoms with Gasteiger partial charge in [-0.15, -0.1) is 0 Å². The summed E-state index contributed by atoms with van der Waals surface area (Å²) in [5.74, 6) is 0.212. The van der Waals surface area contributed by atoms with Crippen LogP contribution in [0.1, 0.15) is 84.5 Å². The lowest BCUT2D eigenvalue weighted by Gasteiger charge is -2.30. The molecule has 0 saturated heterocycles. The van der Waals surface area contributed by atoms with Gasteiger partial charge in [-0.1, -0.05) is 96.6 Å². The molecule has 0 aromatic rings. The summed E-state index contributed by atoms with van der Waals surface area (Å²) < 4.78 is -0.496. The first kappa shape index (κ1) is 26.4. The lowest BCUT2D eigenvalue weighted by molar-refractivity contribution is -0.132. The molecule has 0 fully saturated rings. The summed E-state index contributed by atoms with van der Waals surface area (Å²) >= 11 is 7.05. The molecule has 0 heterocycles. The summed E-state index contributed by atoms with van der Waals surface area (Å²) in [4.78, 5) is 17.0. The number of alkyl halides is 2. The van der Waals surface area contributed by atoms with Crippen LogP contribution in [0.25, 0.3) is 0 Å². The normalized spacial score (nSPS) is 13.8. The highest BCUT2D eigenvalue weighted by molar-refractivity contribution is 9.12. The van der Waals surface area contributed by atoms with Gasteiger partial charge in [0.1, 0.15) is 4.32 Å². The first-order valence-electron chi connectivity index (χ1n) is 10.5. The molecular formula is C21H42Br2N2O. The van der Waals surface area contributed by atoms with Crippen molar-refractivity contribution in [1.82, 2.24) is 9.80 Å². The number of hydrogen-bond acceptors (Lipinski definition) is 2. The van der Waals surface area contributed by atoms with Crippen LogP contribution >= 0.6 is 31.9 Å². The summed E-state index contributed by atoms with van der Waals surface area (Å²) in [6.45, 7) is 6.99. The third kappa shape index (κ3) is 13.5. The Bertz CT molecular complexity index is 349. The van der Waals surface area contributed by atoms with Crippen LogP contribution in [0.2, 0.25) is 0 Å². The van der Waals surface area contributed by atoms with Gasteiger partial charge in [-0.25, -0.2) is 0 Å². The summed E-state index contributed by atoms with van der Waals surface area (Å²) in [5, 5.41) is 0.640. The minimum Gasteiger partial charge on any atom is -0.341 e. The van der Waals surface area contributed by atoms with E-state index in [1.165, 1.54) is 57.8 Å². The molecule has 0 aromatic heterocycles. The molecule has 3 nitrogen and oxygen atoms in total. The molecule has 0 spiro atoms. The number of halogens is 2. The second-order valence-electron chi connectivity index (χ2n) is 7.96. The highest BCUT2D eigenvalue weighted by Gasteiger charge is 2.32. The Hall–Kier alpha value is 0.390. The molecule has 0 aliphatic rings. The minimum atomic E-state index is -0.496. The predicted molar refractivity (Wildman–Crippen MR) is 123 cm³/mol. The topological polar surface area (TPSA) is 23.6 Å². The fraction of sp³-hybridized carbons (Fsp3) is 0.952. The zero-order valence-electron chi connectivity index (χ0n) is 17.7. The van der Waals surface area contributed by atoms with Gasteiger partial charge in [0.05, 0.1) is 0 Å². The fourth-order valence-corrected chi connectivity index (χ4v) is 3.56. The standard InChI is InChI=1S/C21H42Br2N2O/c1-5-6-7-8-9-10-11-12-13-14-17-25(18-15-16-24(3)4)20(26)21(2,23)19-22/h5-19H2,1-4H3. The van der Waals surface area contributed by atoms with Crippen molar-refractivity contribution in [3.63, 3.8) is 0 Å². The number of carbonyl (C=O) groups excluding carboxylic acids is 1. The van der Waals surface area contributed by atoms with Crippen LogP contribution < -0.4 is 0 Å². The van der Waals surface area contributed by atoms with E-state index in [4.69, 9.17) is 0 Å².